The Bertz CT molecular complexity index is 910. The number of hydrazine groups is 1. The van der Waals surface area contributed by atoms with Gasteiger partial charge in [0.2, 0.25) is 0 Å². The average Bonchev–Trinajstić information content (AvgIpc) is 2.69. The summed E-state index contributed by atoms with van der Waals surface area (Å²) in [6.45, 7) is 11.0. The smallest absolute Gasteiger partial charge is 0.181 e. The van der Waals surface area contributed by atoms with Gasteiger partial charge in [0, 0.05) is 0 Å². The normalized spacial score (nSPS) is 12.2. The molecule has 3 rings (SSSR count). The number of aromatic hydroxyl groups is 1. The Morgan fingerprint density at radius 2 is 1.21 bits per heavy atom. The Balaban J connectivity index is 2.12. The number of benzene rings is 3. The highest BCUT2D eigenvalue weighted by atomic mass is 28.3. The molecule has 29 heavy (non-hydrogen) atoms. The number of rotatable bonds is 5. The third-order valence-electron chi connectivity index (χ3n) is 5.61. The molecule has 4 heteroatoms. The van der Waals surface area contributed by atoms with E-state index >= 15 is 0 Å². The summed E-state index contributed by atoms with van der Waals surface area (Å²) < 4.78 is 2.33. The molecule has 0 saturated heterocycles. The Hall–Kier alpha value is -2.56. The quantitative estimate of drug-likeness (QED) is 0.431. The van der Waals surface area contributed by atoms with Crippen molar-refractivity contribution in [1.82, 2.24) is 4.67 Å². The predicted molar refractivity (Wildman–Crippen MR) is 127 cm³/mol. The number of phenolic OH excluding ortho intramolecular Hbond substituents is 1. The topological polar surface area (TPSA) is 26.7 Å². The first-order valence-corrected chi connectivity index (χ1v) is 13.1. The van der Waals surface area contributed by atoms with E-state index in [0.29, 0.717) is 5.75 Å². The summed E-state index contributed by atoms with van der Waals surface area (Å²) >= 11 is 0. The second kappa shape index (κ2) is 8.05. The number of hydrogen-bond donors (Lipinski definition) is 1. The van der Waals surface area contributed by atoms with Crippen LogP contribution in [0.5, 0.6) is 5.75 Å². The molecule has 0 radical (unpaired) electrons. The Kier molecular flexibility index (Phi) is 5.87. The van der Waals surface area contributed by atoms with Crippen molar-refractivity contribution in [1.29, 1.82) is 0 Å². The highest BCUT2D eigenvalue weighted by Gasteiger charge is 2.37. The molecule has 3 aromatic rings. The molecule has 3 nitrogen and oxygen atoms in total. The second-order valence-corrected chi connectivity index (χ2v) is 13.3. The van der Waals surface area contributed by atoms with E-state index < -0.39 is 8.24 Å². The molecular formula is C25H32N2OSi. The van der Waals surface area contributed by atoms with E-state index in [9.17, 15) is 5.11 Å². The van der Waals surface area contributed by atoms with Crippen LogP contribution >= 0.6 is 0 Å². The van der Waals surface area contributed by atoms with Gasteiger partial charge in [0.25, 0.3) is 0 Å². The molecule has 0 spiro atoms. The molecule has 0 fully saturated rings. The Morgan fingerprint density at radius 1 is 0.724 bits per heavy atom. The van der Waals surface area contributed by atoms with Crippen molar-refractivity contribution in [3.8, 4) is 5.75 Å². The maximum Gasteiger partial charge on any atom is 0.181 e. The lowest BCUT2D eigenvalue weighted by atomic mass is 9.86. The lowest BCUT2D eigenvalue weighted by molar-refractivity contribution is 0.448. The fourth-order valence-electron chi connectivity index (χ4n) is 3.70. The molecule has 0 aromatic heterocycles. The van der Waals surface area contributed by atoms with Crippen molar-refractivity contribution < 1.29 is 5.11 Å². The van der Waals surface area contributed by atoms with E-state index in [-0.39, 0.29) is 5.41 Å². The van der Waals surface area contributed by atoms with Crippen molar-refractivity contribution >= 4 is 24.8 Å². The first kappa shape index (κ1) is 21.2. The van der Waals surface area contributed by atoms with Crippen LogP contribution in [-0.4, -0.2) is 25.1 Å². The third kappa shape index (κ3) is 4.24. The number of nitrogens with zero attached hydrogens (tertiary/aromatic N) is 2. The maximum absolute atomic E-state index is 11.2. The monoisotopic (exact) mass is 404 g/mol. The summed E-state index contributed by atoms with van der Waals surface area (Å²) in [6, 6.07) is 27.0. The molecule has 0 heterocycles. The molecule has 0 atom stereocenters. The Morgan fingerprint density at radius 3 is 1.66 bits per heavy atom. The molecule has 0 aliphatic carbocycles. The van der Waals surface area contributed by atoms with Gasteiger partial charge < -0.3 is 5.11 Å². The molecule has 0 bridgehead atoms. The van der Waals surface area contributed by atoms with E-state index in [0.717, 1.165) is 22.1 Å². The molecule has 1 N–H and O–H groups in total. The molecule has 152 valence electrons. The van der Waals surface area contributed by atoms with Gasteiger partial charge in [0.1, 0.15) is 5.75 Å². The molecule has 0 saturated carbocycles. The SMILES string of the molecule is CN(N(c1ccccc1)c1ccccc1)[Si](C)(C)c1cccc(C(C)(C)C)c1O. The van der Waals surface area contributed by atoms with Gasteiger partial charge in [-0.05, 0) is 47.5 Å². The van der Waals surface area contributed by atoms with Crippen LogP contribution < -0.4 is 10.2 Å². The van der Waals surface area contributed by atoms with Crippen LogP contribution in [0.4, 0.5) is 11.4 Å². The summed E-state index contributed by atoms with van der Waals surface area (Å²) in [6.07, 6.45) is 0. The first-order chi connectivity index (χ1) is 13.6. The third-order valence-corrected chi connectivity index (χ3v) is 9.15. The summed E-state index contributed by atoms with van der Waals surface area (Å²) in [5, 5.41) is 14.5. The van der Waals surface area contributed by atoms with Crippen LogP contribution in [-0.2, 0) is 5.41 Å². The van der Waals surface area contributed by atoms with Crippen LogP contribution in [0, 0.1) is 0 Å². The zero-order valence-corrected chi connectivity index (χ0v) is 19.3. The van der Waals surface area contributed by atoms with Crippen molar-refractivity contribution in [2.75, 3.05) is 12.1 Å². The molecular weight excluding hydrogens is 372 g/mol. The standard InChI is InChI=1S/C25H32N2OSi/c1-25(2,3)22-18-13-19-23(24(22)28)29(5,6)26(4)27(20-14-9-7-10-15-20)21-16-11-8-12-17-21/h7-19,28H,1-6H3. The fraction of sp³-hybridized carbons (Fsp3) is 0.280. The molecule has 0 aliphatic heterocycles. The molecule has 0 unspecified atom stereocenters. The minimum absolute atomic E-state index is 0.109. The van der Waals surface area contributed by atoms with Gasteiger partial charge >= 0.3 is 0 Å². The number of para-hydroxylation sites is 3. The highest BCUT2D eigenvalue weighted by Crippen LogP contribution is 2.33. The average molecular weight is 405 g/mol. The van der Waals surface area contributed by atoms with Crippen LogP contribution in [0.1, 0.15) is 26.3 Å². The van der Waals surface area contributed by atoms with Crippen LogP contribution in [0.3, 0.4) is 0 Å². The van der Waals surface area contributed by atoms with Gasteiger partial charge in [0.15, 0.2) is 8.24 Å². The summed E-state index contributed by atoms with van der Waals surface area (Å²) in [4.78, 5) is 0. The lowest BCUT2D eigenvalue weighted by Crippen LogP contribution is -2.61. The van der Waals surface area contributed by atoms with Crippen LogP contribution in [0.2, 0.25) is 13.1 Å². The second-order valence-electron chi connectivity index (χ2n) is 9.02. The van der Waals surface area contributed by atoms with Crippen molar-refractivity contribution in [3.63, 3.8) is 0 Å². The predicted octanol–water partition coefficient (Wildman–Crippen LogP) is 5.79. The molecule has 0 amide bonds. The van der Waals surface area contributed by atoms with E-state index in [1.807, 2.05) is 18.2 Å². The highest BCUT2D eigenvalue weighted by molar-refractivity contribution is 6.88. The van der Waals surface area contributed by atoms with Crippen LogP contribution in [0.15, 0.2) is 78.9 Å². The van der Waals surface area contributed by atoms with Gasteiger partial charge in [-0.15, -0.1) is 0 Å². The van der Waals surface area contributed by atoms with Crippen molar-refractivity contribution in [2.45, 2.75) is 39.3 Å². The van der Waals surface area contributed by atoms with Crippen molar-refractivity contribution in [3.05, 3.63) is 84.4 Å². The minimum atomic E-state index is -2.26. The first-order valence-electron chi connectivity index (χ1n) is 10.1. The van der Waals surface area contributed by atoms with Gasteiger partial charge in [-0.3, -0.25) is 5.01 Å². The summed E-state index contributed by atoms with van der Waals surface area (Å²) in [7, 11) is -0.123. The number of phenols is 1. The van der Waals surface area contributed by atoms with Gasteiger partial charge in [-0.1, -0.05) is 88.5 Å². The Labute approximate surface area is 176 Å². The maximum atomic E-state index is 11.2. The van der Waals surface area contributed by atoms with E-state index in [2.05, 4.69) is 111 Å². The van der Waals surface area contributed by atoms with Crippen LogP contribution in [0.25, 0.3) is 0 Å². The largest absolute Gasteiger partial charge is 0.508 e. The lowest BCUT2D eigenvalue weighted by Gasteiger charge is -2.44. The van der Waals surface area contributed by atoms with Gasteiger partial charge in [-0.2, -0.15) is 0 Å². The summed E-state index contributed by atoms with van der Waals surface area (Å²) in [5.41, 5.74) is 3.10. The number of hydrogen-bond acceptors (Lipinski definition) is 3. The van der Waals surface area contributed by atoms with E-state index in [1.165, 1.54) is 0 Å². The van der Waals surface area contributed by atoms with Gasteiger partial charge in [-0.25, -0.2) is 4.67 Å². The summed E-state index contributed by atoms with van der Waals surface area (Å²) in [5.74, 6) is 0.435. The number of anilines is 2. The zero-order valence-electron chi connectivity index (χ0n) is 18.3. The van der Waals surface area contributed by atoms with E-state index in [1.54, 1.807) is 0 Å². The molecule has 3 aromatic carbocycles. The van der Waals surface area contributed by atoms with E-state index in [4.69, 9.17) is 0 Å². The molecule has 0 aliphatic rings. The van der Waals surface area contributed by atoms with Crippen molar-refractivity contribution in [2.24, 2.45) is 0 Å². The van der Waals surface area contributed by atoms with Gasteiger partial charge in [0.05, 0.1) is 11.4 Å². The fourth-order valence-corrected chi connectivity index (χ4v) is 6.00. The zero-order chi connectivity index (χ0) is 21.2. The minimum Gasteiger partial charge on any atom is -0.508 e.